The van der Waals surface area contributed by atoms with E-state index in [-0.39, 0.29) is 0 Å². The standard InChI is InChI=1S/C17H26N2O2/c1-20-16-5-6-17(21-2)13(11-16)12-18-14-7-9-19(10-8-14)15-3-4-15/h5-6,11,14-15,18H,3-4,7-10,12H2,1-2H3. The molecule has 1 aromatic carbocycles. The van der Waals surface area contributed by atoms with Crippen LogP contribution in [0.25, 0.3) is 0 Å². The number of nitrogens with zero attached hydrogens (tertiary/aromatic N) is 1. The molecule has 0 spiro atoms. The van der Waals surface area contributed by atoms with Gasteiger partial charge in [0.25, 0.3) is 0 Å². The van der Waals surface area contributed by atoms with Gasteiger partial charge in [-0.1, -0.05) is 0 Å². The minimum Gasteiger partial charge on any atom is -0.497 e. The van der Waals surface area contributed by atoms with E-state index in [2.05, 4.69) is 16.3 Å². The summed E-state index contributed by atoms with van der Waals surface area (Å²) in [5, 5.41) is 3.68. The second-order valence-corrected chi connectivity index (χ2v) is 6.10. The number of ether oxygens (including phenoxy) is 2. The monoisotopic (exact) mass is 290 g/mol. The van der Waals surface area contributed by atoms with Crippen LogP contribution in [0.2, 0.25) is 0 Å². The Morgan fingerprint density at radius 1 is 1.10 bits per heavy atom. The van der Waals surface area contributed by atoms with E-state index in [1.54, 1.807) is 14.2 Å². The van der Waals surface area contributed by atoms with Gasteiger partial charge in [0.1, 0.15) is 11.5 Å². The van der Waals surface area contributed by atoms with Gasteiger partial charge in [-0.3, -0.25) is 0 Å². The van der Waals surface area contributed by atoms with Crippen molar-refractivity contribution in [1.82, 2.24) is 10.2 Å². The summed E-state index contributed by atoms with van der Waals surface area (Å²) < 4.78 is 10.7. The first-order valence-electron chi connectivity index (χ1n) is 7.98. The lowest BCUT2D eigenvalue weighted by atomic mass is 10.0. The Kier molecular flexibility index (Phi) is 4.66. The van der Waals surface area contributed by atoms with Crippen LogP contribution in [0, 0.1) is 0 Å². The number of nitrogens with one attached hydrogen (secondary N) is 1. The average molecular weight is 290 g/mol. The second kappa shape index (κ2) is 6.67. The normalized spacial score (nSPS) is 20.5. The predicted octanol–water partition coefficient (Wildman–Crippen LogP) is 2.42. The predicted molar refractivity (Wildman–Crippen MR) is 84.0 cm³/mol. The van der Waals surface area contributed by atoms with Crippen molar-refractivity contribution >= 4 is 0 Å². The molecule has 2 aliphatic rings. The highest BCUT2D eigenvalue weighted by atomic mass is 16.5. The maximum Gasteiger partial charge on any atom is 0.123 e. The Balaban J connectivity index is 1.52. The minimum atomic E-state index is 0.621. The van der Waals surface area contributed by atoms with E-state index < -0.39 is 0 Å². The molecule has 1 aliphatic heterocycles. The fourth-order valence-corrected chi connectivity index (χ4v) is 3.18. The summed E-state index contributed by atoms with van der Waals surface area (Å²) in [4.78, 5) is 2.66. The summed E-state index contributed by atoms with van der Waals surface area (Å²) in [6.45, 7) is 3.34. The zero-order valence-electron chi connectivity index (χ0n) is 13.1. The Hall–Kier alpha value is -1.26. The van der Waals surface area contributed by atoms with E-state index >= 15 is 0 Å². The highest BCUT2D eigenvalue weighted by molar-refractivity contribution is 5.40. The molecule has 3 rings (SSSR count). The molecule has 0 radical (unpaired) electrons. The number of methoxy groups -OCH3 is 2. The van der Waals surface area contributed by atoms with Crippen molar-refractivity contribution < 1.29 is 9.47 Å². The quantitative estimate of drug-likeness (QED) is 0.872. The van der Waals surface area contributed by atoms with Crippen molar-refractivity contribution in [2.24, 2.45) is 0 Å². The molecule has 21 heavy (non-hydrogen) atoms. The third-order valence-corrected chi connectivity index (χ3v) is 4.66. The van der Waals surface area contributed by atoms with E-state index in [4.69, 9.17) is 9.47 Å². The molecule has 2 fully saturated rings. The molecule has 0 aromatic heterocycles. The van der Waals surface area contributed by atoms with Gasteiger partial charge in [0.15, 0.2) is 0 Å². The second-order valence-electron chi connectivity index (χ2n) is 6.10. The number of hydrogen-bond acceptors (Lipinski definition) is 4. The number of hydrogen-bond donors (Lipinski definition) is 1. The van der Waals surface area contributed by atoms with Crippen LogP contribution in [0.15, 0.2) is 18.2 Å². The van der Waals surface area contributed by atoms with E-state index in [0.29, 0.717) is 6.04 Å². The lowest BCUT2D eigenvalue weighted by molar-refractivity contribution is 0.189. The molecule has 1 aromatic rings. The summed E-state index contributed by atoms with van der Waals surface area (Å²) in [5.74, 6) is 1.81. The third-order valence-electron chi connectivity index (χ3n) is 4.66. The van der Waals surface area contributed by atoms with Crippen molar-refractivity contribution in [2.75, 3.05) is 27.3 Å². The van der Waals surface area contributed by atoms with Crippen LogP contribution in [-0.2, 0) is 6.54 Å². The molecule has 1 aliphatic carbocycles. The minimum absolute atomic E-state index is 0.621. The molecule has 1 N–H and O–H groups in total. The molecular formula is C17H26N2O2. The largest absolute Gasteiger partial charge is 0.497 e. The SMILES string of the molecule is COc1ccc(OC)c(CNC2CCN(C3CC3)CC2)c1. The van der Waals surface area contributed by atoms with Gasteiger partial charge in [-0.2, -0.15) is 0 Å². The first kappa shape index (κ1) is 14.7. The fraction of sp³-hybridized carbons (Fsp3) is 0.647. The maximum atomic E-state index is 5.44. The van der Waals surface area contributed by atoms with Gasteiger partial charge in [-0.15, -0.1) is 0 Å². The number of rotatable bonds is 6. The van der Waals surface area contributed by atoms with Crippen molar-refractivity contribution in [1.29, 1.82) is 0 Å². The molecular weight excluding hydrogens is 264 g/mol. The fourth-order valence-electron chi connectivity index (χ4n) is 3.18. The summed E-state index contributed by atoms with van der Waals surface area (Å²) in [5.41, 5.74) is 1.17. The molecule has 1 saturated heterocycles. The molecule has 116 valence electrons. The molecule has 0 bridgehead atoms. The summed E-state index contributed by atoms with van der Waals surface area (Å²) >= 11 is 0. The lowest BCUT2D eigenvalue weighted by Crippen LogP contribution is -2.43. The zero-order chi connectivity index (χ0) is 14.7. The highest BCUT2D eigenvalue weighted by Crippen LogP contribution is 2.29. The Morgan fingerprint density at radius 3 is 2.48 bits per heavy atom. The van der Waals surface area contributed by atoms with E-state index in [1.807, 2.05) is 12.1 Å². The molecule has 0 unspecified atom stereocenters. The Morgan fingerprint density at radius 2 is 1.86 bits per heavy atom. The highest BCUT2D eigenvalue weighted by Gasteiger charge is 2.31. The lowest BCUT2D eigenvalue weighted by Gasteiger charge is -2.32. The number of likely N-dealkylation sites (tertiary alicyclic amines) is 1. The van der Waals surface area contributed by atoms with Crippen molar-refractivity contribution in [3.8, 4) is 11.5 Å². The van der Waals surface area contributed by atoms with Crippen molar-refractivity contribution in [3.05, 3.63) is 23.8 Å². The summed E-state index contributed by atoms with van der Waals surface area (Å²) in [6.07, 6.45) is 5.34. The van der Waals surface area contributed by atoms with E-state index in [1.165, 1.54) is 44.3 Å². The Labute approximate surface area is 127 Å². The van der Waals surface area contributed by atoms with Crippen LogP contribution in [0.3, 0.4) is 0 Å². The van der Waals surface area contributed by atoms with Crippen LogP contribution < -0.4 is 14.8 Å². The molecule has 4 nitrogen and oxygen atoms in total. The maximum absolute atomic E-state index is 5.44. The molecule has 1 saturated carbocycles. The number of piperidine rings is 1. The van der Waals surface area contributed by atoms with Crippen molar-refractivity contribution in [2.45, 2.75) is 44.3 Å². The van der Waals surface area contributed by atoms with Crippen LogP contribution in [0.1, 0.15) is 31.2 Å². The van der Waals surface area contributed by atoms with Crippen LogP contribution in [0.4, 0.5) is 0 Å². The van der Waals surface area contributed by atoms with Gasteiger partial charge >= 0.3 is 0 Å². The zero-order valence-corrected chi connectivity index (χ0v) is 13.1. The topological polar surface area (TPSA) is 33.7 Å². The van der Waals surface area contributed by atoms with Gasteiger partial charge < -0.3 is 19.7 Å². The van der Waals surface area contributed by atoms with E-state index in [0.717, 1.165) is 24.1 Å². The molecule has 4 heteroatoms. The van der Waals surface area contributed by atoms with Crippen LogP contribution in [-0.4, -0.2) is 44.3 Å². The van der Waals surface area contributed by atoms with Gasteiger partial charge in [0.2, 0.25) is 0 Å². The first-order chi connectivity index (χ1) is 10.3. The number of benzene rings is 1. The van der Waals surface area contributed by atoms with Crippen molar-refractivity contribution in [3.63, 3.8) is 0 Å². The third kappa shape index (κ3) is 3.69. The molecule has 1 heterocycles. The smallest absolute Gasteiger partial charge is 0.123 e. The van der Waals surface area contributed by atoms with Gasteiger partial charge in [-0.05, 0) is 57.0 Å². The first-order valence-corrected chi connectivity index (χ1v) is 7.98. The Bertz CT molecular complexity index is 466. The average Bonchev–Trinajstić information content (AvgIpc) is 3.38. The summed E-state index contributed by atoms with van der Waals surface area (Å²) in [7, 11) is 3.42. The van der Waals surface area contributed by atoms with Crippen LogP contribution in [0.5, 0.6) is 11.5 Å². The molecule has 0 atom stereocenters. The van der Waals surface area contributed by atoms with E-state index in [9.17, 15) is 0 Å². The van der Waals surface area contributed by atoms with Gasteiger partial charge in [-0.25, -0.2) is 0 Å². The van der Waals surface area contributed by atoms with Gasteiger partial charge in [0, 0.05) is 24.2 Å². The van der Waals surface area contributed by atoms with Crippen LogP contribution >= 0.6 is 0 Å². The molecule has 0 amide bonds. The van der Waals surface area contributed by atoms with Gasteiger partial charge in [0.05, 0.1) is 14.2 Å². The summed E-state index contributed by atoms with van der Waals surface area (Å²) in [6, 6.07) is 7.51.